The second kappa shape index (κ2) is 6.99. The third-order valence-electron chi connectivity index (χ3n) is 2.16. The number of carboxylic acids is 2. The summed E-state index contributed by atoms with van der Waals surface area (Å²) in [5, 5.41) is 19.6. The van der Waals surface area contributed by atoms with Gasteiger partial charge >= 0.3 is 18.0 Å². The van der Waals surface area contributed by atoms with Crippen LogP contribution in [-0.2, 0) is 16.0 Å². The van der Waals surface area contributed by atoms with Crippen molar-refractivity contribution < 1.29 is 24.6 Å². The third kappa shape index (κ3) is 5.52. The van der Waals surface area contributed by atoms with Crippen LogP contribution < -0.4 is 5.32 Å². The van der Waals surface area contributed by atoms with Gasteiger partial charge in [0.15, 0.2) is 0 Å². The van der Waals surface area contributed by atoms with E-state index in [2.05, 4.69) is 15.3 Å². The molecule has 0 fully saturated rings. The molecule has 1 aromatic heterocycles. The Hall–Kier alpha value is -2.58. The van der Waals surface area contributed by atoms with Gasteiger partial charge in [0.1, 0.15) is 13.1 Å². The molecule has 0 atom stereocenters. The van der Waals surface area contributed by atoms with E-state index in [-0.39, 0.29) is 6.54 Å². The number of imidazole rings is 1. The highest BCUT2D eigenvalue weighted by Gasteiger charge is 2.19. The number of carbonyl (C=O) groups excluding carboxylic acids is 1. The fourth-order valence-corrected chi connectivity index (χ4v) is 1.36. The number of urea groups is 1. The van der Waals surface area contributed by atoms with E-state index in [1.54, 1.807) is 6.20 Å². The van der Waals surface area contributed by atoms with Crippen LogP contribution in [0, 0.1) is 0 Å². The van der Waals surface area contributed by atoms with E-state index < -0.39 is 31.1 Å². The van der Waals surface area contributed by atoms with Gasteiger partial charge in [-0.15, -0.1) is 0 Å². The van der Waals surface area contributed by atoms with E-state index in [4.69, 9.17) is 10.2 Å². The van der Waals surface area contributed by atoms with Crippen LogP contribution >= 0.6 is 0 Å². The van der Waals surface area contributed by atoms with Crippen LogP contribution in [0.3, 0.4) is 0 Å². The Labute approximate surface area is 108 Å². The van der Waals surface area contributed by atoms with Crippen molar-refractivity contribution in [2.75, 3.05) is 19.6 Å². The Bertz CT molecular complexity index is 429. The predicted molar refractivity (Wildman–Crippen MR) is 62.5 cm³/mol. The Balaban J connectivity index is 2.42. The smallest absolute Gasteiger partial charge is 0.323 e. The number of aromatic nitrogens is 2. The third-order valence-corrected chi connectivity index (χ3v) is 2.16. The number of carbonyl (C=O) groups is 3. The molecule has 1 rings (SSSR count). The van der Waals surface area contributed by atoms with Crippen LogP contribution in [0.2, 0.25) is 0 Å². The summed E-state index contributed by atoms with van der Waals surface area (Å²) in [6.07, 6.45) is 3.58. The number of aromatic amines is 1. The normalized spacial score (nSPS) is 9.89. The first kappa shape index (κ1) is 14.5. The molecule has 0 aliphatic rings. The van der Waals surface area contributed by atoms with E-state index in [1.807, 2.05) is 0 Å². The Morgan fingerprint density at radius 3 is 2.37 bits per heavy atom. The molecule has 0 bridgehead atoms. The summed E-state index contributed by atoms with van der Waals surface area (Å²) in [6, 6.07) is -0.732. The van der Waals surface area contributed by atoms with Gasteiger partial charge in [-0.25, -0.2) is 9.78 Å². The number of aliphatic carboxylic acids is 2. The zero-order chi connectivity index (χ0) is 14.3. The minimum Gasteiger partial charge on any atom is -0.480 e. The highest BCUT2D eigenvalue weighted by molar-refractivity contribution is 5.84. The van der Waals surface area contributed by atoms with Crippen molar-refractivity contribution in [3.8, 4) is 0 Å². The van der Waals surface area contributed by atoms with Gasteiger partial charge in [0.2, 0.25) is 0 Å². The van der Waals surface area contributed by atoms with Crippen LogP contribution in [-0.4, -0.2) is 62.7 Å². The van der Waals surface area contributed by atoms with E-state index >= 15 is 0 Å². The van der Waals surface area contributed by atoms with Crippen molar-refractivity contribution in [2.24, 2.45) is 0 Å². The van der Waals surface area contributed by atoms with Gasteiger partial charge in [0.05, 0.1) is 6.33 Å². The van der Waals surface area contributed by atoms with E-state index in [0.29, 0.717) is 11.3 Å². The van der Waals surface area contributed by atoms with E-state index in [1.165, 1.54) is 6.33 Å². The summed E-state index contributed by atoms with van der Waals surface area (Å²) >= 11 is 0. The molecule has 0 saturated heterocycles. The molecule has 1 heterocycles. The number of hydrogen-bond acceptors (Lipinski definition) is 4. The summed E-state index contributed by atoms with van der Waals surface area (Å²) in [5.41, 5.74) is 0.809. The fraction of sp³-hybridized carbons (Fsp3) is 0.400. The second-order valence-electron chi connectivity index (χ2n) is 3.70. The molecule has 9 heteroatoms. The minimum absolute atomic E-state index is 0.247. The van der Waals surface area contributed by atoms with Gasteiger partial charge in [-0.05, 0) is 0 Å². The number of hydrogen-bond donors (Lipinski definition) is 4. The van der Waals surface area contributed by atoms with E-state index in [0.717, 1.165) is 5.69 Å². The SMILES string of the molecule is O=C(O)CN(CC(=O)O)C(=O)NCCc1cnc[nH]1. The lowest BCUT2D eigenvalue weighted by molar-refractivity contribution is -0.140. The number of amides is 2. The molecule has 19 heavy (non-hydrogen) atoms. The maximum Gasteiger partial charge on any atom is 0.323 e. The molecule has 4 N–H and O–H groups in total. The largest absolute Gasteiger partial charge is 0.480 e. The lowest BCUT2D eigenvalue weighted by atomic mass is 10.3. The summed E-state index contributed by atoms with van der Waals surface area (Å²) in [4.78, 5) is 40.0. The average molecular weight is 270 g/mol. The van der Waals surface area contributed by atoms with Gasteiger partial charge in [-0.2, -0.15) is 0 Å². The van der Waals surface area contributed by atoms with Gasteiger partial charge in [-0.1, -0.05) is 0 Å². The number of H-pyrrole nitrogens is 1. The van der Waals surface area contributed by atoms with Gasteiger partial charge in [0.25, 0.3) is 0 Å². The van der Waals surface area contributed by atoms with Crippen LogP contribution in [0.1, 0.15) is 5.69 Å². The molecule has 2 amide bonds. The molecule has 0 aliphatic heterocycles. The summed E-state index contributed by atoms with van der Waals surface area (Å²) < 4.78 is 0. The number of rotatable bonds is 7. The second-order valence-corrected chi connectivity index (χ2v) is 3.70. The first-order chi connectivity index (χ1) is 8.99. The van der Waals surface area contributed by atoms with Crippen molar-refractivity contribution >= 4 is 18.0 Å². The number of carboxylic acid groups (broad SMARTS) is 2. The lowest BCUT2D eigenvalue weighted by Crippen LogP contribution is -2.45. The maximum absolute atomic E-state index is 11.6. The molecule has 0 saturated carbocycles. The summed E-state index contributed by atoms with van der Waals surface area (Å²) in [5.74, 6) is -2.55. The lowest BCUT2D eigenvalue weighted by Gasteiger charge is -2.18. The Kier molecular flexibility index (Phi) is 5.33. The zero-order valence-corrected chi connectivity index (χ0v) is 10.00. The Morgan fingerprint density at radius 1 is 1.26 bits per heavy atom. The number of nitrogens with one attached hydrogen (secondary N) is 2. The maximum atomic E-state index is 11.6. The molecule has 1 aromatic rings. The predicted octanol–water partition coefficient (Wildman–Crippen LogP) is -0.867. The highest BCUT2D eigenvalue weighted by atomic mass is 16.4. The van der Waals surface area contributed by atoms with Gasteiger partial charge in [-0.3, -0.25) is 9.59 Å². The molecule has 9 nitrogen and oxygen atoms in total. The van der Waals surface area contributed by atoms with Gasteiger partial charge in [0, 0.05) is 24.9 Å². The van der Waals surface area contributed by atoms with Crippen LogP contribution in [0.15, 0.2) is 12.5 Å². The molecular formula is C10H14N4O5. The fourth-order valence-electron chi connectivity index (χ4n) is 1.36. The monoisotopic (exact) mass is 270 g/mol. The zero-order valence-electron chi connectivity index (χ0n) is 10.00. The number of nitrogens with zero attached hydrogens (tertiary/aromatic N) is 2. The molecule has 0 aromatic carbocycles. The van der Waals surface area contributed by atoms with Crippen molar-refractivity contribution in [3.63, 3.8) is 0 Å². The topological polar surface area (TPSA) is 136 Å². The summed E-state index contributed by atoms with van der Waals surface area (Å²) in [6.45, 7) is -1.08. The van der Waals surface area contributed by atoms with Crippen LogP contribution in [0.5, 0.6) is 0 Å². The highest BCUT2D eigenvalue weighted by Crippen LogP contribution is 1.93. The molecular weight excluding hydrogens is 256 g/mol. The van der Waals surface area contributed by atoms with Gasteiger partial charge < -0.3 is 25.4 Å². The van der Waals surface area contributed by atoms with Crippen molar-refractivity contribution in [3.05, 3.63) is 18.2 Å². The molecule has 0 unspecified atom stereocenters. The summed E-state index contributed by atoms with van der Waals surface area (Å²) in [7, 11) is 0. The van der Waals surface area contributed by atoms with Crippen LogP contribution in [0.25, 0.3) is 0 Å². The van der Waals surface area contributed by atoms with Crippen molar-refractivity contribution in [1.82, 2.24) is 20.2 Å². The van der Waals surface area contributed by atoms with E-state index in [9.17, 15) is 14.4 Å². The molecule has 0 radical (unpaired) electrons. The Morgan fingerprint density at radius 2 is 1.89 bits per heavy atom. The standard InChI is InChI=1S/C10H14N4O5/c15-8(16)4-14(5-9(17)18)10(19)12-2-1-7-3-11-6-13-7/h3,6H,1-2,4-5H2,(H,11,13)(H,12,19)(H,15,16)(H,17,18). The van der Waals surface area contributed by atoms with Crippen molar-refractivity contribution in [2.45, 2.75) is 6.42 Å². The average Bonchev–Trinajstić information content (AvgIpc) is 2.79. The first-order valence-corrected chi connectivity index (χ1v) is 5.42. The quantitative estimate of drug-likeness (QED) is 0.508. The minimum atomic E-state index is -1.27. The molecule has 0 spiro atoms. The first-order valence-electron chi connectivity index (χ1n) is 5.42. The molecule has 104 valence electrons. The molecule has 0 aliphatic carbocycles. The van der Waals surface area contributed by atoms with Crippen molar-refractivity contribution in [1.29, 1.82) is 0 Å². The van der Waals surface area contributed by atoms with Crippen LogP contribution in [0.4, 0.5) is 4.79 Å².